The number of unbranched alkanes of at least 4 members (excludes halogenated alkanes) is 1. The molecule has 0 aliphatic carbocycles. The molecule has 8 aromatic rings. The van der Waals surface area contributed by atoms with Crippen LogP contribution in [0.25, 0.3) is 43.4 Å². The van der Waals surface area contributed by atoms with Gasteiger partial charge in [0.1, 0.15) is 71.1 Å². The molecule has 0 spiro atoms. The number of pyridine rings is 1. The molecule has 1 aliphatic heterocycles. The van der Waals surface area contributed by atoms with Gasteiger partial charge in [-0.2, -0.15) is 0 Å². The maximum absolute atomic E-state index is 14.2. The number of rotatable bonds is 14. The fourth-order valence-electron chi connectivity index (χ4n) is 8.14. The van der Waals surface area contributed by atoms with Crippen LogP contribution in [-0.2, 0) is 44.8 Å². The highest BCUT2D eigenvalue weighted by atomic mass is 32.1. The van der Waals surface area contributed by atoms with E-state index in [9.17, 15) is 38.4 Å². The molecular weight excluding hydrogens is 1180 g/mol. The van der Waals surface area contributed by atoms with Gasteiger partial charge in [-0.05, 0) is 37.5 Å². The summed E-state index contributed by atoms with van der Waals surface area (Å²) in [6.45, 7) is 2.28. The van der Waals surface area contributed by atoms with Crippen LogP contribution in [-0.4, -0.2) is 110 Å². The quantitative estimate of drug-likeness (QED) is 0.0449. The molecule has 24 nitrogen and oxygen atoms in total. The molecule has 424 valence electrons. The molecule has 8 heterocycles. The number of aromatic nitrogens is 7. The molecule has 1 aliphatic rings. The molecule has 0 radical (unpaired) electrons. The van der Waals surface area contributed by atoms with Gasteiger partial charge in [-0.3, -0.25) is 43.7 Å². The van der Waals surface area contributed by atoms with Gasteiger partial charge in [0.2, 0.25) is 17.7 Å². The zero-order valence-electron chi connectivity index (χ0n) is 44.1. The normalized spacial score (nSPS) is 15.1. The van der Waals surface area contributed by atoms with E-state index < -0.39 is 60.2 Å². The Kier molecular flexibility index (Phi) is 19.0. The second-order valence-corrected chi connectivity index (χ2v) is 23.6. The van der Waals surface area contributed by atoms with Crippen LogP contribution in [0.2, 0.25) is 0 Å². The lowest BCUT2D eigenvalue weighted by molar-refractivity contribution is -0.149. The summed E-state index contributed by atoms with van der Waals surface area (Å²) in [5.74, 6) is -4.11. The number of nitrogens with zero attached hydrogens (tertiary/aromatic N) is 7. The first kappa shape index (κ1) is 58.5. The standard InChI is InChI=1S/C52H49N13O11S6/c1-24-39-46(73)65-52-64-41(33(82-52)19-74-4)45(72)54-18-37(69)62-42(43(76-25(2)66)26-11-7-6-8-12-26)51-59-32(22-79-51)49-57-30(20-78-49)40-27(47-58-31(21-77-47)44(71)56-29(17-36(68)53-3)50(63-39)81-24)15-16-28(55-40)48-61-34(23-80-48)60-35(67)13-9-10-14-38(70)75-5/h6-8,11-12,15-16,20-23,29,42-43H,9-10,13-14,17-19H2,1-5H3,(H,53,68)(H,54,72)(H,56,71)(H,60,67)(H,62,69)(H,64,65,73)/t29-,42-,43-/m0/s1. The van der Waals surface area contributed by atoms with Gasteiger partial charge in [0.15, 0.2) is 11.2 Å². The lowest BCUT2D eigenvalue weighted by Gasteiger charge is -2.26. The number of thiazole rings is 6. The SMILES string of the molecule is CNC(=O)C[C@@H]1NC(=O)c2csc(n2)-c2ccc(-c3nc(NC(=O)CCCCC(=O)OC)cs3)nc2-c2csc(n2)-c2csc(n2)[C@H]([C@@H](OC(C)=O)c2ccccc2)NC(=O)CNC(=O)c2nc(sc2COC)NC(=O)c2nc1sc2C. The number of anilines is 2. The van der Waals surface area contributed by atoms with Crippen molar-refractivity contribution in [2.45, 2.75) is 70.7 Å². The van der Waals surface area contributed by atoms with E-state index in [1.165, 1.54) is 62.2 Å². The molecule has 1 aromatic carbocycles. The number of benzene rings is 1. The molecule has 82 heavy (non-hydrogen) atoms. The summed E-state index contributed by atoms with van der Waals surface area (Å²) in [7, 11) is 4.19. The van der Waals surface area contributed by atoms with Crippen molar-refractivity contribution in [1.29, 1.82) is 0 Å². The Morgan fingerprint density at radius 1 is 0.695 bits per heavy atom. The smallest absolute Gasteiger partial charge is 0.305 e. The van der Waals surface area contributed by atoms with Gasteiger partial charge in [0, 0.05) is 65.9 Å². The molecule has 0 unspecified atom stereocenters. The van der Waals surface area contributed by atoms with Crippen molar-refractivity contribution >= 4 is 126 Å². The lowest BCUT2D eigenvalue weighted by atomic mass is 10.0. The second kappa shape index (κ2) is 26.6. The summed E-state index contributed by atoms with van der Waals surface area (Å²) in [6.07, 6.45) is 0.00416. The van der Waals surface area contributed by atoms with Crippen LogP contribution in [0, 0.1) is 6.92 Å². The Bertz CT molecular complexity index is 3700. The largest absolute Gasteiger partial charge is 0.469 e. The van der Waals surface area contributed by atoms with E-state index in [1.807, 2.05) is 0 Å². The van der Waals surface area contributed by atoms with E-state index in [-0.39, 0.29) is 65.0 Å². The van der Waals surface area contributed by atoms with E-state index >= 15 is 0 Å². The van der Waals surface area contributed by atoms with Crippen LogP contribution in [0.5, 0.6) is 0 Å². The number of amides is 6. The number of aryl methyl sites for hydroxylation is 1. The summed E-state index contributed by atoms with van der Waals surface area (Å²) in [6, 6.07) is 10.2. The fourth-order valence-corrected chi connectivity index (χ4v) is 13.3. The average Bonchev–Trinajstić information content (AvgIpc) is 4.35. The Labute approximate surface area is 491 Å². The number of carbonyl (C=O) groups excluding carboxylic acids is 8. The van der Waals surface area contributed by atoms with Gasteiger partial charge >= 0.3 is 11.9 Å². The number of methoxy groups -OCH3 is 2. The minimum absolute atomic E-state index is 0.00980. The van der Waals surface area contributed by atoms with Gasteiger partial charge in [-0.15, -0.1) is 56.7 Å². The van der Waals surface area contributed by atoms with Crippen molar-refractivity contribution in [3.8, 4) is 43.4 Å². The molecule has 10 bridgehead atoms. The number of esters is 2. The predicted molar refractivity (Wildman–Crippen MR) is 308 cm³/mol. The molecule has 6 amide bonds. The topological polar surface area (TPSA) is 327 Å². The molecule has 7 aromatic heterocycles. The van der Waals surface area contributed by atoms with E-state index in [4.69, 9.17) is 29.4 Å². The van der Waals surface area contributed by atoms with Gasteiger partial charge in [0.25, 0.3) is 17.7 Å². The highest BCUT2D eigenvalue weighted by molar-refractivity contribution is 7.16. The first-order chi connectivity index (χ1) is 39.6. The zero-order valence-corrected chi connectivity index (χ0v) is 49.0. The van der Waals surface area contributed by atoms with E-state index in [1.54, 1.807) is 70.9 Å². The third-order valence-electron chi connectivity index (χ3n) is 12.0. The average molecular weight is 1220 g/mol. The summed E-state index contributed by atoms with van der Waals surface area (Å²) >= 11 is 6.91. The molecule has 0 fully saturated rings. The number of hydrogen-bond donors (Lipinski definition) is 6. The summed E-state index contributed by atoms with van der Waals surface area (Å²) in [5.41, 5.74) is 2.50. The number of nitrogens with one attached hydrogen (secondary N) is 6. The lowest BCUT2D eigenvalue weighted by Crippen LogP contribution is -2.41. The monoisotopic (exact) mass is 1220 g/mol. The summed E-state index contributed by atoms with van der Waals surface area (Å²) in [4.78, 5) is 140. The molecule has 6 N–H and O–H groups in total. The fraction of sp³-hybridized carbons (Fsp3) is 0.288. The van der Waals surface area contributed by atoms with Crippen molar-refractivity contribution in [2.75, 3.05) is 38.4 Å². The van der Waals surface area contributed by atoms with Crippen molar-refractivity contribution < 1.29 is 52.6 Å². The molecule has 9 rings (SSSR count). The molecule has 0 saturated heterocycles. The third kappa shape index (κ3) is 14.1. The van der Waals surface area contributed by atoms with Gasteiger partial charge in [0.05, 0.1) is 43.3 Å². The Balaban J connectivity index is 1.11. The van der Waals surface area contributed by atoms with Crippen LogP contribution in [0.3, 0.4) is 0 Å². The van der Waals surface area contributed by atoms with Crippen molar-refractivity contribution in [1.82, 2.24) is 56.2 Å². The summed E-state index contributed by atoms with van der Waals surface area (Å²) < 4.78 is 15.9. The third-order valence-corrected chi connectivity index (χ3v) is 17.6. The number of hydrogen-bond acceptors (Lipinski definition) is 24. The van der Waals surface area contributed by atoms with Crippen LogP contribution < -0.4 is 31.9 Å². The Morgan fingerprint density at radius 3 is 2.20 bits per heavy atom. The minimum Gasteiger partial charge on any atom is -0.469 e. The number of carbonyl (C=O) groups is 8. The maximum Gasteiger partial charge on any atom is 0.305 e. The number of fused-ring (bicyclic) bond motifs is 14. The summed E-state index contributed by atoms with van der Waals surface area (Å²) in [5, 5.41) is 25.2. The molecular formula is C52H49N13O11S6. The van der Waals surface area contributed by atoms with Gasteiger partial charge in [-0.25, -0.2) is 34.9 Å². The van der Waals surface area contributed by atoms with E-state index in [0.29, 0.717) is 82.3 Å². The number of ether oxygens (including phenoxy) is 3. The van der Waals surface area contributed by atoms with Crippen LogP contribution >= 0.6 is 68.0 Å². The Morgan fingerprint density at radius 2 is 1.43 bits per heavy atom. The second-order valence-electron chi connectivity index (χ2n) is 17.8. The minimum atomic E-state index is -1.08. The highest BCUT2D eigenvalue weighted by Crippen LogP contribution is 2.40. The molecule has 30 heteroatoms. The van der Waals surface area contributed by atoms with E-state index in [2.05, 4.69) is 51.6 Å². The Hall–Kier alpha value is -8.13. The van der Waals surface area contributed by atoms with Gasteiger partial charge in [-0.1, -0.05) is 41.7 Å². The van der Waals surface area contributed by atoms with E-state index in [0.717, 1.165) is 34.0 Å². The van der Waals surface area contributed by atoms with Crippen molar-refractivity contribution in [3.05, 3.63) is 106 Å². The first-order valence-corrected chi connectivity index (χ1v) is 30.0. The first-order valence-electron chi connectivity index (χ1n) is 24.9. The van der Waals surface area contributed by atoms with Crippen LogP contribution in [0.15, 0.2) is 64.0 Å². The van der Waals surface area contributed by atoms with Crippen molar-refractivity contribution in [3.63, 3.8) is 0 Å². The van der Waals surface area contributed by atoms with Crippen molar-refractivity contribution in [2.24, 2.45) is 0 Å². The predicted octanol–water partition coefficient (Wildman–Crippen LogP) is 7.68. The molecule has 0 saturated carbocycles. The molecule has 3 atom stereocenters. The van der Waals surface area contributed by atoms with Gasteiger partial charge < -0.3 is 40.8 Å². The van der Waals surface area contributed by atoms with Crippen LogP contribution in [0.4, 0.5) is 10.9 Å². The highest BCUT2D eigenvalue weighted by Gasteiger charge is 2.34. The van der Waals surface area contributed by atoms with Crippen LogP contribution in [0.1, 0.15) is 114 Å². The maximum atomic E-state index is 14.2. The zero-order chi connectivity index (χ0) is 58.0.